The van der Waals surface area contributed by atoms with E-state index < -0.39 is 0 Å². The molecular formula is C23H38N4O. The van der Waals surface area contributed by atoms with Crippen LogP contribution in [0.5, 0.6) is 0 Å². The Morgan fingerprint density at radius 2 is 1.79 bits per heavy atom. The van der Waals surface area contributed by atoms with Gasteiger partial charge in [0.1, 0.15) is 0 Å². The highest BCUT2D eigenvalue weighted by Crippen LogP contribution is 2.21. The second-order valence-electron chi connectivity index (χ2n) is 8.62. The molecule has 2 saturated heterocycles. The van der Waals surface area contributed by atoms with Crippen LogP contribution in [0, 0.1) is 0 Å². The van der Waals surface area contributed by atoms with E-state index in [1.807, 2.05) is 18.2 Å². The number of amides is 1. The third kappa shape index (κ3) is 5.79. The average Bonchev–Trinajstić information content (AvgIpc) is 2.70. The fraction of sp³-hybridized carbons (Fsp3) is 0.696. The summed E-state index contributed by atoms with van der Waals surface area (Å²) in [5.74, 6) is 0.104. The predicted molar refractivity (Wildman–Crippen MR) is 117 cm³/mol. The van der Waals surface area contributed by atoms with E-state index in [9.17, 15) is 4.79 Å². The molecule has 2 heterocycles. The fourth-order valence-electron chi connectivity index (χ4n) is 4.67. The van der Waals surface area contributed by atoms with Crippen LogP contribution in [0.15, 0.2) is 24.3 Å². The summed E-state index contributed by atoms with van der Waals surface area (Å²) >= 11 is 0. The van der Waals surface area contributed by atoms with Gasteiger partial charge in [0.2, 0.25) is 5.91 Å². The van der Waals surface area contributed by atoms with Crippen LogP contribution in [0.3, 0.4) is 0 Å². The first-order valence-corrected chi connectivity index (χ1v) is 11.1. The van der Waals surface area contributed by atoms with Gasteiger partial charge < -0.3 is 5.32 Å². The number of hydrogen-bond acceptors (Lipinski definition) is 4. The number of rotatable bonds is 7. The molecular weight excluding hydrogens is 348 g/mol. The van der Waals surface area contributed by atoms with Crippen molar-refractivity contribution >= 4 is 11.6 Å². The van der Waals surface area contributed by atoms with Crippen LogP contribution < -0.4 is 5.32 Å². The monoisotopic (exact) mass is 386 g/mol. The molecule has 1 amide bonds. The summed E-state index contributed by atoms with van der Waals surface area (Å²) in [5, 5.41) is 3.10. The molecule has 0 radical (unpaired) electrons. The molecule has 0 bridgehead atoms. The number of carbonyl (C=O) groups is 1. The Morgan fingerprint density at radius 3 is 2.50 bits per heavy atom. The number of piperazine rings is 1. The van der Waals surface area contributed by atoms with Crippen molar-refractivity contribution in [3.63, 3.8) is 0 Å². The summed E-state index contributed by atoms with van der Waals surface area (Å²) in [4.78, 5) is 20.1. The summed E-state index contributed by atoms with van der Waals surface area (Å²) in [6.07, 6.45) is 4.98. The van der Waals surface area contributed by atoms with Crippen LogP contribution >= 0.6 is 0 Å². The molecule has 2 fully saturated rings. The van der Waals surface area contributed by atoms with E-state index in [0.717, 1.165) is 38.3 Å². The maximum Gasteiger partial charge on any atom is 0.238 e. The lowest BCUT2D eigenvalue weighted by molar-refractivity contribution is -0.117. The second-order valence-corrected chi connectivity index (χ2v) is 8.62. The number of para-hydroxylation sites is 1. The number of nitrogens with zero attached hydrogens (tertiary/aromatic N) is 3. The molecule has 1 atom stereocenters. The van der Waals surface area contributed by atoms with E-state index in [2.05, 4.69) is 46.9 Å². The first kappa shape index (κ1) is 21.3. The number of nitrogens with one attached hydrogen (secondary N) is 1. The summed E-state index contributed by atoms with van der Waals surface area (Å²) in [6, 6.07) is 9.44. The Bertz CT molecular complexity index is 625. The molecule has 5 heteroatoms. The zero-order valence-electron chi connectivity index (χ0n) is 18.0. The molecule has 1 aromatic carbocycles. The van der Waals surface area contributed by atoms with E-state index in [0.29, 0.717) is 18.6 Å². The van der Waals surface area contributed by atoms with Crippen LogP contribution in [0.25, 0.3) is 0 Å². The van der Waals surface area contributed by atoms with Gasteiger partial charge in [0, 0.05) is 50.5 Å². The van der Waals surface area contributed by atoms with Gasteiger partial charge in [0.15, 0.2) is 0 Å². The first-order chi connectivity index (χ1) is 13.6. The molecule has 28 heavy (non-hydrogen) atoms. The van der Waals surface area contributed by atoms with Gasteiger partial charge in [-0.25, -0.2) is 0 Å². The normalized spacial score (nSPS) is 22.5. The highest BCUT2D eigenvalue weighted by atomic mass is 16.2. The maximum absolute atomic E-state index is 12.5. The van der Waals surface area contributed by atoms with Gasteiger partial charge in [0.25, 0.3) is 0 Å². The topological polar surface area (TPSA) is 38.8 Å². The fourth-order valence-corrected chi connectivity index (χ4v) is 4.67. The van der Waals surface area contributed by atoms with Crippen molar-refractivity contribution in [2.45, 2.75) is 58.5 Å². The maximum atomic E-state index is 12.5. The molecule has 2 aliphatic rings. The summed E-state index contributed by atoms with van der Waals surface area (Å²) < 4.78 is 0. The van der Waals surface area contributed by atoms with Gasteiger partial charge in [-0.15, -0.1) is 0 Å². The molecule has 2 aliphatic heterocycles. The van der Waals surface area contributed by atoms with Crippen molar-refractivity contribution in [3.05, 3.63) is 29.8 Å². The molecule has 0 unspecified atom stereocenters. The number of hydrogen-bond donors (Lipinski definition) is 1. The van der Waals surface area contributed by atoms with Crippen molar-refractivity contribution in [1.82, 2.24) is 14.7 Å². The summed E-state index contributed by atoms with van der Waals surface area (Å²) in [6.45, 7) is 13.8. The Hall–Kier alpha value is -1.43. The minimum Gasteiger partial charge on any atom is -0.325 e. The van der Waals surface area contributed by atoms with Gasteiger partial charge in [-0.2, -0.15) is 0 Å². The zero-order valence-corrected chi connectivity index (χ0v) is 18.0. The van der Waals surface area contributed by atoms with E-state index in [1.165, 1.54) is 37.9 Å². The molecule has 0 aliphatic carbocycles. The van der Waals surface area contributed by atoms with Crippen LogP contribution in [0.2, 0.25) is 0 Å². The van der Waals surface area contributed by atoms with Crippen molar-refractivity contribution in [2.24, 2.45) is 0 Å². The number of carbonyl (C=O) groups excluding carboxylic acids is 1. The molecule has 156 valence electrons. The lowest BCUT2D eigenvalue weighted by atomic mass is 9.99. The van der Waals surface area contributed by atoms with Crippen molar-refractivity contribution in [3.8, 4) is 0 Å². The Kier molecular flexibility index (Phi) is 7.89. The predicted octanol–water partition coefficient (Wildman–Crippen LogP) is 3.07. The number of anilines is 1. The van der Waals surface area contributed by atoms with Gasteiger partial charge >= 0.3 is 0 Å². The van der Waals surface area contributed by atoms with E-state index in [1.54, 1.807) is 0 Å². The highest BCUT2D eigenvalue weighted by molar-refractivity contribution is 5.93. The van der Waals surface area contributed by atoms with Crippen LogP contribution in [0.4, 0.5) is 5.69 Å². The standard InChI is InChI=1S/C23H38N4O/c1-4-20-9-5-6-11-22(20)24-23(28)18-26-15-13-25(14-16-26)17-21-10-7-8-12-27(21)19(2)3/h5-6,9,11,19,21H,4,7-8,10,12-18H2,1-3H3,(H,24,28)/t21-/m1/s1. The SMILES string of the molecule is CCc1ccccc1NC(=O)CN1CCN(C[C@H]2CCCCN2C(C)C)CC1. The molecule has 0 spiro atoms. The number of benzene rings is 1. The first-order valence-electron chi connectivity index (χ1n) is 11.1. The molecule has 0 saturated carbocycles. The van der Waals surface area contributed by atoms with Crippen molar-refractivity contribution in [2.75, 3.05) is 51.1 Å². The quantitative estimate of drug-likeness (QED) is 0.782. The summed E-state index contributed by atoms with van der Waals surface area (Å²) in [7, 11) is 0. The molecule has 5 nitrogen and oxygen atoms in total. The largest absolute Gasteiger partial charge is 0.325 e. The third-order valence-corrected chi connectivity index (χ3v) is 6.31. The number of piperidine rings is 1. The minimum atomic E-state index is 0.104. The average molecular weight is 387 g/mol. The smallest absolute Gasteiger partial charge is 0.238 e. The van der Waals surface area contributed by atoms with Crippen LogP contribution in [-0.4, -0.2) is 78.5 Å². The number of likely N-dealkylation sites (tertiary alicyclic amines) is 1. The summed E-state index contributed by atoms with van der Waals surface area (Å²) in [5.41, 5.74) is 2.16. The Labute approximate surface area is 171 Å². The Morgan fingerprint density at radius 1 is 1.07 bits per heavy atom. The Balaban J connectivity index is 1.43. The molecule has 0 aromatic heterocycles. The molecule has 3 rings (SSSR count). The van der Waals surface area contributed by atoms with Gasteiger partial charge in [0.05, 0.1) is 6.54 Å². The zero-order chi connectivity index (χ0) is 19.9. The van der Waals surface area contributed by atoms with Crippen LogP contribution in [0.1, 0.15) is 45.6 Å². The molecule has 1 N–H and O–H groups in total. The van der Waals surface area contributed by atoms with Crippen molar-refractivity contribution < 1.29 is 4.79 Å². The minimum absolute atomic E-state index is 0.104. The lowest BCUT2D eigenvalue weighted by Crippen LogP contribution is -2.54. The van der Waals surface area contributed by atoms with E-state index in [-0.39, 0.29) is 5.91 Å². The van der Waals surface area contributed by atoms with Gasteiger partial charge in [-0.3, -0.25) is 19.5 Å². The highest BCUT2D eigenvalue weighted by Gasteiger charge is 2.28. The van der Waals surface area contributed by atoms with Crippen molar-refractivity contribution in [1.29, 1.82) is 0 Å². The van der Waals surface area contributed by atoms with E-state index >= 15 is 0 Å². The second kappa shape index (κ2) is 10.4. The number of aryl methyl sites for hydroxylation is 1. The lowest BCUT2D eigenvalue weighted by Gasteiger charge is -2.43. The third-order valence-electron chi connectivity index (χ3n) is 6.31. The van der Waals surface area contributed by atoms with Gasteiger partial charge in [-0.1, -0.05) is 31.5 Å². The van der Waals surface area contributed by atoms with Crippen LogP contribution in [-0.2, 0) is 11.2 Å². The molecule has 1 aromatic rings. The van der Waals surface area contributed by atoms with E-state index in [4.69, 9.17) is 0 Å². The van der Waals surface area contributed by atoms with Gasteiger partial charge in [-0.05, 0) is 51.3 Å².